The van der Waals surface area contributed by atoms with Crippen molar-refractivity contribution >= 4 is 57.2 Å². The predicted molar refractivity (Wildman–Crippen MR) is 131 cm³/mol. The van der Waals surface area contributed by atoms with Gasteiger partial charge in [0.1, 0.15) is 16.5 Å². The molecule has 0 saturated heterocycles. The van der Waals surface area contributed by atoms with E-state index in [1.165, 1.54) is 17.4 Å². The van der Waals surface area contributed by atoms with Crippen molar-refractivity contribution in [1.29, 1.82) is 0 Å². The van der Waals surface area contributed by atoms with Gasteiger partial charge in [0, 0.05) is 27.9 Å². The highest BCUT2D eigenvalue weighted by molar-refractivity contribution is 7.19. The van der Waals surface area contributed by atoms with Gasteiger partial charge in [-0.1, -0.05) is 34.5 Å². The second kappa shape index (κ2) is 8.82. The molecule has 3 heterocycles. The normalized spacial score (nSPS) is 11.5. The van der Waals surface area contributed by atoms with Crippen LogP contribution in [0, 0.1) is 6.92 Å². The highest BCUT2D eigenvalue weighted by Crippen LogP contribution is 2.32. The van der Waals surface area contributed by atoms with Gasteiger partial charge in [-0.3, -0.25) is 4.79 Å². The smallest absolute Gasteiger partial charge is 0.248 e. The fraction of sp³-hybridized carbons (Fsp3) is 0.0435. The van der Waals surface area contributed by atoms with Crippen molar-refractivity contribution in [2.24, 2.45) is 0 Å². The van der Waals surface area contributed by atoms with Gasteiger partial charge in [0.25, 0.3) is 0 Å². The number of furan rings is 1. The first-order valence-electron chi connectivity index (χ1n) is 9.80. The Morgan fingerprint density at radius 2 is 1.91 bits per heavy atom. The number of benzene rings is 2. The average Bonchev–Trinajstić information content (AvgIpc) is 3.51. The van der Waals surface area contributed by atoms with Crippen LogP contribution < -0.4 is 5.32 Å². The molecule has 10 heteroatoms. The van der Waals surface area contributed by atoms with Crippen molar-refractivity contribution in [3.63, 3.8) is 0 Å². The first kappa shape index (κ1) is 21.4. The van der Waals surface area contributed by atoms with Crippen LogP contribution >= 0.6 is 34.5 Å². The van der Waals surface area contributed by atoms with Gasteiger partial charge < -0.3 is 9.73 Å². The lowest BCUT2D eigenvalue weighted by atomic mass is 10.2. The Labute approximate surface area is 202 Å². The molecule has 1 amide bonds. The Hall–Kier alpha value is -3.46. The van der Waals surface area contributed by atoms with E-state index in [0.29, 0.717) is 27.3 Å². The van der Waals surface area contributed by atoms with Gasteiger partial charge in [-0.05, 0) is 67.6 Å². The molecule has 0 unspecified atom stereocenters. The predicted octanol–water partition coefficient (Wildman–Crippen LogP) is 6.38. The molecule has 3 aromatic heterocycles. The number of hydrogen-bond donors (Lipinski definition) is 1. The van der Waals surface area contributed by atoms with Gasteiger partial charge in [-0.25, -0.2) is 0 Å². The Morgan fingerprint density at radius 1 is 1.09 bits per heavy atom. The van der Waals surface area contributed by atoms with Gasteiger partial charge in [0.15, 0.2) is 5.82 Å². The molecule has 0 aliphatic carbocycles. The molecule has 33 heavy (non-hydrogen) atoms. The van der Waals surface area contributed by atoms with Crippen molar-refractivity contribution in [3.8, 4) is 21.9 Å². The Kier molecular flexibility index (Phi) is 5.72. The maximum Gasteiger partial charge on any atom is 0.248 e. The molecule has 7 nitrogen and oxygen atoms in total. The fourth-order valence-corrected chi connectivity index (χ4v) is 4.54. The number of nitrogens with one attached hydrogen (secondary N) is 1. The van der Waals surface area contributed by atoms with Crippen LogP contribution in [0.5, 0.6) is 0 Å². The number of fused-ring (bicyclic) bond motifs is 1. The Balaban J connectivity index is 1.24. The summed E-state index contributed by atoms with van der Waals surface area (Å²) in [5.74, 6) is 1.58. The molecular formula is C23H15Cl2N5O2S. The summed E-state index contributed by atoms with van der Waals surface area (Å²) in [4.78, 5) is 13.1. The van der Waals surface area contributed by atoms with Gasteiger partial charge >= 0.3 is 0 Å². The molecule has 0 aliphatic heterocycles. The lowest BCUT2D eigenvalue weighted by molar-refractivity contribution is -0.111. The summed E-state index contributed by atoms with van der Waals surface area (Å²) >= 11 is 13.6. The Bertz CT molecular complexity index is 1500. The summed E-state index contributed by atoms with van der Waals surface area (Å²) in [5.41, 5.74) is 2.33. The molecule has 0 atom stereocenters. The van der Waals surface area contributed by atoms with Gasteiger partial charge in [0.2, 0.25) is 10.9 Å². The lowest BCUT2D eigenvalue weighted by Crippen LogP contribution is -2.07. The first-order valence-corrected chi connectivity index (χ1v) is 11.4. The van der Waals surface area contributed by atoms with E-state index in [9.17, 15) is 4.79 Å². The van der Waals surface area contributed by atoms with E-state index >= 15 is 0 Å². The molecule has 0 fully saturated rings. The number of nitrogens with zero attached hydrogens (tertiary/aromatic N) is 4. The highest BCUT2D eigenvalue weighted by Gasteiger charge is 2.11. The summed E-state index contributed by atoms with van der Waals surface area (Å²) in [6, 6.07) is 16.2. The third-order valence-corrected chi connectivity index (χ3v) is 6.26. The number of carbonyl (C=O) groups is 1. The van der Waals surface area contributed by atoms with E-state index in [0.717, 1.165) is 26.9 Å². The number of aromatic nitrogens is 4. The van der Waals surface area contributed by atoms with E-state index in [1.54, 1.807) is 40.9 Å². The summed E-state index contributed by atoms with van der Waals surface area (Å²) in [6.45, 7) is 1.85. The molecule has 0 radical (unpaired) electrons. The zero-order valence-corrected chi connectivity index (χ0v) is 19.4. The van der Waals surface area contributed by atoms with Gasteiger partial charge in [0.05, 0.1) is 5.02 Å². The number of rotatable bonds is 5. The molecule has 0 saturated carbocycles. The average molecular weight is 496 g/mol. The summed E-state index contributed by atoms with van der Waals surface area (Å²) < 4.78 is 7.48. The van der Waals surface area contributed by atoms with Crippen LogP contribution in [0.2, 0.25) is 10.0 Å². The third kappa shape index (κ3) is 4.54. The molecule has 0 bridgehead atoms. The second-order valence-corrected chi connectivity index (χ2v) is 8.87. The number of aryl methyl sites for hydroxylation is 1. The molecule has 0 spiro atoms. The van der Waals surface area contributed by atoms with E-state index < -0.39 is 0 Å². The van der Waals surface area contributed by atoms with Crippen LogP contribution in [0.15, 0.2) is 65.1 Å². The van der Waals surface area contributed by atoms with E-state index in [1.807, 2.05) is 31.2 Å². The van der Waals surface area contributed by atoms with Crippen LogP contribution in [0.1, 0.15) is 11.6 Å². The summed E-state index contributed by atoms with van der Waals surface area (Å²) in [6.07, 6.45) is 3.00. The van der Waals surface area contributed by atoms with Crippen LogP contribution in [-0.2, 0) is 4.79 Å². The van der Waals surface area contributed by atoms with Crippen molar-refractivity contribution in [2.75, 3.05) is 5.32 Å². The van der Waals surface area contributed by atoms with Crippen LogP contribution in [0.3, 0.4) is 0 Å². The van der Waals surface area contributed by atoms with Crippen molar-refractivity contribution in [1.82, 2.24) is 19.8 Å². The van der Waals surface area contributed by atoms with Crippen LogP contribution in [-0.4, -0.2) is 25.7 Å². The number of anilines is 1. The molecule has 5 aromatic rings. The maximum atomic E-state index is 12.3. The zero-order chi connectivity index (χ0) is 22.9. The molecule has 5 rings (SSSR count). The molecule has 1 N–H and O–H groups in total. The van der Waals surface area contributed by atoms with Crippen molar-refractivity contribution in [2.45, 2.75) is 6.92 Å². The first-order chi connectivity index (χ1) is 16.0. The number of halogens is 2. The minimum Gasteiger partial charge on any atom is -0.457 e. The highest BCUT2D eigenvalue weighted by atomic mass is 35.5. The standard InChI is InChI=1S/C23H15Cl2N5O2S/c1-13-27-28-23-30(13)29-22(33-23)14-2-5-16(6-3-14)26-21(31)11-8-17-7-10-20(32-17)18-9-4-15(24)12-19(18)25/h2-12H,1H3,(H,26,31)/b11-8+. The van der Waals surface area contributed by atoms with E-state index in [4.69, 9.17) is 27.6 Å². The van der Waals surface area contributed by atoms with Crippen LogP contribution in [0.4, 0.5) is 5.69 Å². The topological polar surface area (TPSA) is 85.3 Å². The molecule has 164 valence electrons. The molecule has 2 aromatic carbocycles. The largest absolute Gasteiger partial charge is 0.457 e. The number of amides is 1. The van der Waals surface area contributed by atoms with E-state index in [2.05, 4.69) is 20.6 Å². The van der Waals surface area contributed by atoms with Crippen molar-refractivity contribution in [3.05, 3.63) is 82.3 Å². The van der Waals surface area contributed by atoms with Crippen molar-refractivity contribution < 1.29 is 9.21 Å². The lowest BCUT2D eigenvalue weighted by Gasteiger charge is -2.03. The quantitative estimate of drug-likeness (QED) is 0.286. The van der Waals surface area contributed by atoms with E-state index in [-0.39, 0.29) is 5.91 Å². The number of hydrogen-bond acceptors (Lipinski definition) is 6. The van der Waals surface area contributed by atoms with Gasteiger partial charge in [-0.15, -0.1) is 10.2 Å². The fourth-order valence-electron chi connectivity index (χ4n) is 3.15. The van der Waals surface area contributed by atoms with Gasteiger partial charge in [-0.2, -0.15) is 9.61 Å². The summed E-state index contributed by atoms with van der Waals surface area (Å²) in [5, 5.41) is 17.3. The monoisotopic (exact) mass is 495 g/mol. The zero-order valence-electron chi connectivity index (χ0n) is 17.1. The van der Waals surface area contributed by atoms with Crippen LogP contribution in [0.25, 0.3) is 32.9 Å². The second-order valence-electron chi connectivity index (χ2n) is 7.07. The number of carbonyl (C=O) groups excluding carboxylic acids is 1. The SMILES string of the molecule is Cc1nnc2sc(-c3ccc(NC(=O)/C=C/c4ccc(-c5ccc(Cl)cc5Cl)o4)cc3)nn12. The molecule has 0 aliphatic rings. The third-order valence-electron chi connectivity index (χ3n) is 4.77. The maximum absolute atomic E-state index is 12.3. The molecular weight excluding hydrogens is 481 g/mol. The Morgan fingerprint density at radius 3 is 2.67 bits per heavy atom. The minimum absolute atomic E-state index is 0.278. The summed E-state index contributed by atoms with van der Waals surface area (Å²) in [7, 11) is 0. The minimum atomic E-state index is -0.278.